The Kier molecular flexibility index (Phi) is 6.27. The van der Waals surface area contributed by atoms with Gasteiger partial charge in [0.15, 0.2) is 0 Å². The number of urea groups is 1. The van der Waals surface area contributed by atoms with Gasteiger partial charge >= 0.3 is 6.03 Å². The molecule has 2 heterocycles. The van der Waals surface area contributed by atoms with Gasteiger partial charge in [-0.25, -0.2) is 4.79 Å². The maximum absolute atomic E-state index is 13.1. The summed E-state index contributed by atoms with van der Waals surface area (Å²) in [6.07, 6.45) is 0.671. The van der Waals surface area contributed by atoms with Crippen molar-refractivity contribution >= 4 is 23.5 Å². The number of piperazine rings is 1. The number of fused-ring (bicyclic) bond motifs is 1. The first kappa shape index (κ1) is 20.0. The van der Waals surface area contributed by atoms with Crippen LogP contribution < -0.4 is 0 Å². The van der Waals surface area contributed by atoms with E-state index in [1.165, 1.54) is 0 Å². The molecule has 2 fully saturated rings. The number of carbonyl (C=O) groups is 2. The average molecular weight is 394 g/mol. The third kappa shape index (κ3) is 4.22. The summed E-state index contributed by atoms with van der Waals surface area (Å²) in [5.74, 6) is 0.359. The van der Waals surface area contributed by atoms with Crippen LogP contribution in [0.2, 0.25) is 5.02 Å². The van der Waals surface area contributed by atoms with Crippen LogP contribution in [0.5, 0.6) is 0 Å². The number of ether oxygens (including phenoxy) is 1. The molecule has 0 aliphatic carbocycles. The third-order valence-electron chi connectivity index (χ3n) is 5.26. The van der Waals surface area contributed by atoms with Crippen molar-refractivity contribution in [2.45, 2.75) is 38.9 Å². The Morgan fingerprint density at radius 2 is 1.89 bits per heavy atom. The molecule has 27 heavy (non-hydrogen) atoms. The van der Waals surface area contributed by atoms with E-state index in [0.29, 0.717) is 50.1 Å². The van der Waals surface area contributed by atoms with Crippen LogP contribution in [-0.2, 0) is 16.1 Å². The zero-order valence-corrected chi connectivity index (χ0v) is 17.0. The number of rotatable bonds is 7. The van der Waals surface area contributed by atoms with E-state index in [1.807, 2.05) is 39.0 Å². The minimum Gasteiger partial charge on any atom is -0.383 e. The summed E-state index contributed by atoms with van der Waals surface area (Å²) >= 11 is 6.28. The molecule has 0 saturated carbocycles. The first-order valence-corrected chi connectivity index (χ1v) is 9.88. The molecule has 7 heteroatoms. The fourth-order valence-electron chi connectivity index (χ4n) is 3.98. The van der Waals surface area contributed by atoms with Crippen LogP contribution in [0.25, 0.3) is 0 Å². The molecule has 3 amide bonds. The second kappa shape index (κ2) is 8.48. The maximum atomic E-state index is 13.1. The molecule has 0 spiro atoms. The molecule has 1 aromatic carbocycles. The Morgan fingerprint density at radius 1 is 1.19 bits per heavy atom. The highest BCUT2D eigenvalue weighted by atomic mass is 35.5. The van der Waals surface area contributed by atoms with Gasteiger partial charge in [-0.1, -0.05) is 43.6 Å². The van der Waals surface area contributed by atoms with Crippen molar-refractivity contribution in [1.82, 2.24) is 14.7 Å². The van der Waals surface area contributed by atoms with Crippen molar-refractivity contribution in [2.24, 2.45) is 5.92 Å². The standard InChI is InChI=1S/C20H28ClN3O3/c1-14(2)10-18-19(25)22(8-9-27-3)12-16-13-23(20(26)24(16)18)11-15-6-4-5-7-17(15)21/h4-7,14,16,18H,8-13H2,1-3H3/t16-,18-/m0/s1. The van der Waals surface area contributed by atoms with Crippen molar-refractivity contribution in [3.63, 3.8) is 0 Å². The van der Waals surface area contributed by atoms with Gasteiger partial charge in [-0.05, 0) is 24.0 Å². The number of amides is 3. The normalized spacial score (nSPS) is 22.8. The predicted molar refractivity (Wildman–Crippen MR) is 105 cm³/mol. The molecule has 1 aromatic rings. The van der Waals surface area contributed by atoms with Gasteiger partial charge < -0.3 is 19.4 Å². The maximum Gasteiger partial charge on any atom is 0.321 e. The van der Waals surface area contributed by atoms with Crippen molar-refractivity contribution in [3.05, 3.63) is 34.9 Å². The number of methoxy groups -OCH3 is 1. The number of benzene rings is 1. The Balaban J connectivity index is 1.80. The number of hydrogen-bond acceptors (Lipinski definition) is 3. The summed E-state index contributed by atoms with van der Waals surface area (Å²) in [5, 5.41) is 0.659. The lowest BCUT2D eigenvalue weighted by Gasteiger charge is -2.42. The van der Waals surface area contributed by atoms with Crippen molar-refractivity contribution in [3.8, 4) is 0 Å². The molecule has 148 valence electrons. The molecule has 0 N–H and O–H groups in total. The summed E-state index contributed by atoms with van der Waals surface area (Å²) in [4.78, 5) is 31.6. The van der Waals surface area contributed by atoms with E-state index in [0.717, 1.165) is 5.56 Å². The van der Waals surface area contributed by atoms with Crippen LogP contribution >= 0.6 is 11.6 Å². The number of nitrogens with zero attached hydrogens (tertiary/aromatic N) is 3. The van der Waals surface area contributed by atoms with E-state index in [4.69, 9.17) is 16.3 Å². The van der Waals surface area contributed by atoms with Crippen LogP contribution in [-0.4, -0.2) is 72.1 Å². The second-order valence-corrected chi connectivity index (χ2v) is 8.15. The molecular formula is C20H28ClN3O3. The van der Waals surface area contributed by atoms with E-state index >= 15 is 0 Å². The topological polar surface area (TPSA) is 53.1 Å². The van der Waals surface area contributed by atoms with Crippen LogP contribution in [0, 0.1) is 5.92 Å². The molecule has 0 unspecified atom stereocenters. The molecule has 2 aliphatic rings. The third-order valence-corrected chi connectivity index (χ3v) is 5.63. The summed E-state index contributed by atoms with van der Waals surface area (Å²) in [6, 6.07) is 7.13. The van der Waals surface area contributed by atoms with Crippen molar-refractivity contribution in [2.75, 3.05) is 33.4 Å². The monoisotopic (exact) mass is 393 g/mol. The Hall–Kier alpha value is -1.79. The molecule has 0 radical (unpaired) electrons. The summed E-state index contributed by atoms with van der Waals surface area (Å²) < 4.78 is 5.16. The van der Waals surface area contributed by atoms with Gasteiger partial charge in [-0.2, -0.15) is 0 Å². The first-order chi connectivity index (χ1) is 12.9. The smallest absolute Gasteiger partial charge is 0.321 e. The number of carbonyl (C=O) groups excluding carboxylic acids is 2. The molecule has 0 bridgehead atoms. The van der Waals surface area contributed by atoms with Gasteiger partial charge in [0.05, 0.1) is 12.6 Å². The van der Waals surface area contributed by atoms with Crippen molar-refractivity contribution in [1.29, 1.82) is 0 Å². The highest BCUT2D eigenvalue weighted by Crippen LogP contribution is 2.30. The van der Waals surface area contributed by atoms with E-state index in [-0.39, 0.29) is 18.0 Å². The SMILES string of the molecule is COCCN1C[C@H]2CN(Cc3ccccc3Cl)C(=O)N2[C@@H](CC(C)C)C1=O. The largest absolute Gasteiger partial charge is 0.383 e. The van der Waals surface area contributed by atoms with Gasteiger partial charge in [-0.15, -0.1) is 0 Å². The van der Waals surface area contributed by atoms with Gasteiger partial charge in [-0.3, -0.25) is 4.79 Å². The van der Waals surface area contributed by atoms with E-state index in [2.05, 4.69) is 13.8 Å². The molecular weight excluding hydrogens is 366 g/mol. The number of hydrogen-bond donors (Lipinski definition) is 0. The Labute approximate surface area is 166 Å². The fourth-order valence-corrected chi connectivity index (χ4v) is 4.17. The van der Waals surface area contributed by atoms with Gasteiger partial charge in [0.1, 0.15) is 6.04 Å². The molecule has 2 saturated heterocycles. The Morgan fingerprint density at radius 3 is 2.56 bits per heavy atom. The number of halogens is 1. The lowest BCUT2D eigenvalue weighted by molar-refractivity contribution is -0.143. The van der Waals surface area contributed by atoms with Crippen LogP contribution in [0.4, 0.5) is 4.79 Å². The van der Waals surface area contributed by atoms with Crippen LogP contribution in [0.1, 0.15) is 25.8 Å². The predicted octanol–water partition coefficient (Wildman–Crippen LogP) is 2.85. The van der Waals surface area contributed by atoms with Crippen LogP contribution in [0.3, 0.4) is 0 Å². The zero-order valence-electron chi connectivity index (χ0n) is 16.2. The molecule has 2 atom stereocenters. The second-order valence-electron chi connectivity index (χ2n) is 7.74. The zero-order chi connectivity index (χ0) is 19.6. The highest BCUT2D eigenvalue weighted by Gasteiger charge is 2.49. The van der Waals surface area contributed by atoms with Gasteiger partial charge in [0, 0.05) is 38.3 Å². The fraction of sp³-hybridized carbons (Fsp3) is 0.600. The molecule has 2 aliphatic heterocycles. The van der Waals surface area contributed by atoms with E-state index < -0.39 is 6.04 Å². The summed E-state index contributed by atoms with van der Waals surface area (Å²) in [6.45, 7) is 6.86. The van der Waals surface area contributed by atoms with E-state index in [9.17, 15) is 9.59 Å². The highest BCUT2D eigenvalue weighted by molar-refractivity contribution is 6.31. The first-order valence-electron chi connectivity index (χ1n) is 9.50. The molecule has 0 aromatic heterocycles. The van der Waals surface area contributed by atoms with Crippen molar-refractivity contribution < 1.29 is 14.3 Å². The molecule has 6 nitrogen and oxygen atoms in total. The minimum atomic E-state index is -0.399. The van der Waals surface area contributed by atoms with E-state index in [1.54, 1.807) is 7.11 Å². The molecule has 3 rings (SSSR count). The average Bonchev–Trinajstić information content (AvgIpc) is 2.93. The van der Waals surface area contributed by atoms with Crippen LogP contribution in [0.15, 0.2) is 24.3 Å². The Bertz CT molecular complexity index is 697. The summed E-state index contributed by atoms with van der Waals surface area (Å²) in [7, 11) is 1.64. The lowest BCUT2D eigenvalue weighted by atomic mass is 9.97. The quantitative estimate of drug-likeness (QED) is 0.715. The van der Waals surface area contributed by atoms with Gasteiger partial charge in [0.25, 0.3) is 0 Å². The van der Waals surface area contributed by atoms with Gasteiger partial charge in [0.2, 0.25) is 5.91 Å². The summed E-state index contributed by atoms with van der Waals surface area (Å²) in [5.41, 5.74) is 0.926. The minimum absolute atomic E-state index is 0.0123. The lowest BCUT2D eigenvalue weighted by Crippen LogP contribution is -2.61.